The molecular formula is C16H19BrN4. The molecule has 1 fully saturated rings. The molecule has 4 nitrogen and oxygen atoms in total. The second-order valence-corrected chi connectivity index (χ2v) is 5.90. The second kappa shape index (κ2) is 6.43. The summed E-state index contributed by atoms with van der Waals surface area (Å²) in [6.45, 7) is 6.07. The predicted molar refractivity (Wildman–Crippen MR) is 90.3 cm³/mol. The van der Waals surface area contributed by atoms with Crippen molar-refractivity contribution in [2.24, 2.45) is 0 Å². The average Bonchev–Trinajstić information content (AvgIpc) is 2.55. The first-order valence-electron chi connectivity index (χ1n) is 7.20. The van der Waals surface area contributed by atoms with Crippen molar-refractivity contribution >= 4 is 27.6 Å². The van der Waals surface area contributed by atoms with Crippen LogP contribution in [0.4, 0.5) is 11.6 Å². The van der Waals surface area contributed by atoms with Crippen LogP contribution < -0.4 is 9.80 Å². The summed E-state index contributed by atoms with van der Waals surface area (Å²) in [5.74, 6) is 0.837. The molecule has 0 radical (unpaired) electrons. The van der Waals surface area contributed by atoms with Crippen molar-refractivity contribution < 1.29 is 0 Å². The van der Waals surface area contributed by atoms with Crippen molar-refractivity contribution in [1.29, 1.82) is 0 Å². The molecule has 0 bridgehead atoms. The van der Waals surface area contributed by atoms with Gasteiger partial charge in [-0.25, -0.2) is 9.97 Å². The Labute approximate surface area is 133 Å². The van der Waals surface area contributed by atoms with Crippen molar-refractivity contribution in [3.8, 4) is 0 Å². The molecular weight excluding hydrogens is 328 g/mol. The van der Waals surface area contributed by atoms with Crippen LogP contribution in [-0.4, -0.2) is 36.1 Å². The Morgan fingerprint density at radius 1 is 1.05 bits per heavy atom. The van der Waals surface area contributed by atoms with Crippen LogP contribution in [0, 0.1) is 6.92 Å². The SMILES string of the molecule is Cc1cccc(N2CCN(c3ncc(CBr)cn3)CC2)c1. The molecule has 0 saturated carbocycles. The molecule has 0 atom stereocenters. The lowest BCUT2D eigenvalue weighted by molar-refractivity contribution is 0.639. The molecule has 3 rings (SSSR count). The van der Waals surface area contributed by atoms with E-state index in [0.717, 1.165) is 43.0 Å². The molecule has 0 aliphatic carbocycles. The lowest BCUT2D eigenvalue weighted by Crippen LogP contribution is -2.47. The van der Waals surface area contributed by atoms with Crippen LogP contribution in [0.15, 0.2) is 36.7 Å². The topological polar surface area (TPSA) is 32.3 Å². The number of nitrogens with zero attached hydrogens (tertiary/aromatic N) is 4. The number of piperazine rings is 1. The van der Waals surface area contributed by atoms with Crippen LogP contribution in [0.1, 0.15) is 11.1 Å². The minimum Gasteiger partial charge on any atom is -0.368 e. The summed E-state index contributed by atoms with van der Waals surface area (Å²) in [6.07, 6.45) is 3.79. The van der Waals surface area contributed by atoms with Crippen molar-refractivity contribution in [3.63, 3.8) is 0 Å². The van der Waals surface area contributed by atoms with Gasteiger partial charge < -0.3 is 9.80 Å². The zero-order valence-electron chi connectivity index (χ0n) is 12.2. The fourth-order valence-corrected chi connectivity index (χ4v) is 2.86. The minimum atomic E-state index is 0.800. The van der Waals surface area contributed by atoms with E-state index in [1.165, 1.54) is 11.3 Å². The molecule has 0 unspecified atom stereocenters. The first kappa shape index (κ1) is 14.3. The summed E-state index contributed by atoms with van der Waals surface area (Å²) >= 11 is 3.42. The smallest absolute Gasteiger partial charge is 0.225 e. The first-order chi connectivity index (χ1) is 10.3. The molecule has 21 heavy (non-hydrogen) atoms. The lowest BCUT2D eigenvalue weighted by atomic mass is 10.2. The first-order valence-corrected chi connectivity index (χ1v) is 8.32. The van der Waals surface area contributed by atoms with Crippen LogP contribution in [0.5, 0.6) is 0 Å². The maximum absolute atomic E-state index is 4.45. The number of aryl methyl sites for hydroxylation is 1. The van der Waals surface area contributed by atoms with E-state index < -0.39 is 0 Å². The van der Waals surface area contributed by atoms with E-state index in [0.29, 0.717) is 0 Å². The fraction of sp³-hybridized carbons (Fsp3) is 0.375. The molecule has 1 aliphatic rings. The summed E-state index contributed by atoms with van der Waals surface area (Å²) in [5.41, 5.74) is 3.73. The summed E-state index contributed by atoms with van der Waals surface area (Å²) in [6, 6.07) is 8.69. The molecule has 0 N–H and O–H groups in total. The molecule has 0 spiro atoms. The highest BCUT2D eigenvalue weighted by atomic mass is 79.9. The van der Waals surface area contributed by atoms with E-state index in [2.05, 4.69) is 66.9 Å². The van der Waals surface area contributed by atoms with Gasteiger partial charge in [-0.3, -0.25) is 0 Å². The van der Waals surface area contributed by atoms with Crippen molar-refractivity contribution in [2.75, 3.05) is 36.0 Å². The molecule has 1 aromatic carbocycles. The van der Waals surface area contributed by atoms with E-state index >= 15 is 0 Å². The van der Waals surface area contributed by atoms with Crippen molar-refractivity contribution in [1.82, 2.24) is 9.97 Å². The minimum absolute atomic E-state index is 0.800. The zero-order chi connectivity index (χ0) is 14.7. The third kappa shape index (κ3) is 3.35. The third-order valence-electron chi connectivity index (χ3n) is 3.78. The molecule has 2 aromatic rings. The average molecular weight is 347 g/mol. The quantitative estimate of drug-likeness (QED) is 0.799. The molecule has 0 amide bonds. The second-order valence-electron chi connectivity index (χ2n) is 5.34. The Hall–Kier alpha value is -1.62. The van der Waals surface area contributed by atoms with Crippen LogP contribution in [-0.2, 0) is 5.33 Å². The van der Waals surface area contributed by atoms with Crippen molar-refractivity contribution in [3.05, 3.63) is 47.8 Å². The standard InChI is InChI=1S/C16H19BrN4/c1-13-3-2-4-15(9-13)20-5-7-21(8-6-20)16-18-11-14(10-17)12-19-16/h2-4,9,11-12H,5-8,10H2,1H3. The van der Waals surface area contributed by atoms with E-state index in [-0.39, 0.29) is 0 Å². The van der Waals surface area contributed by atoms with Gasteiger partial charge in [0.1, 0.15) is 0 Å². The monoisotopic (exact) mass is 346 g/mol. The van der Waals surface area contributed by atoms with Gasteiger partial charge in [-0.15, -0.1) is 0 Å². The van der Waals surface area contributed by atoms with Gasteiger partial charge in [0.2, 0.25) is 5.95 Å². The van der Waals surface area contributed by atoms with Gasteiger partial charge >= 0.3 is 0 Å². The van der Waals surface area contributed by atoms with Gasteiger partial charge in [0.15, 0.2) is 0 Å². The number of benzene rings is 1. The van der Waals surface area contributed by atoms with E-state index in [1.54, 1.807) is 0 Å². The summed E-state index contributed by atoms with van der Waals surface area (Å²) < 4.78 is 0. The maximum atomic E-state index is 4.45. The van der Waals surface area contributed by atoms with Crippen molar-refractivity contribution in [2.45, 2.75) is 12.3 Å². The molecule has 2 heterocycles. The van der Waals surface area contributed by atoms with Gasteiger partial charge in [0, 0.05) is 49.6 Å². The predicted octanol–water partition coefficient (Wildman–Crippen LogP) is 3.01. The Bertz CT molecular complexity index is 591. The Morgan fingerprint density at radius 3 is 2.33 bits per heavy atom. The van der Waals surface area contributed by atoms with Gasteiger partial charge in [-0.1, -0.05) is 28.1 Å². The highest BCUT2D eigenvalue weighted by molar-refractivity contribution is 9.08. The Morgan fingerprint density at radius 2 is 1.71 bits per heavy atom. The van der Waals surface area contributed by atoms with Gasteiger partial charge in [0.25, 0.3) is 0 Å². The number of hydrogen-bond donors (Lipinski definition) is 0. The normalized spacial score (nSPS) is 15.3. The Kier molecular flexibility index (Phi) is 4.39. The third-order valence-corrected chi connectivity index (χ3v) is 4.42. The molecule has 1 aromatic heterocycles. The Balaban J connectivity index is 1.64. The number of rotatable bonds is 3. The van der Waals surface area contributed by atoms with Gasteiger partial charge in [-0.2, -0.15) is 0 Å². The highest BCUT2D eigenvalue weighted by Crippen LogP contribution is 2.19. The maximum Gasteiger partial charge on any atom is 0.225 e. The number of aromatic nitrogens is 2. The van der Waals surface area contributed by atoms with Crippen LogP contribution in [0.25, 0.3) is 0 Å². The van der Waals surface area contributed by atoms with Crippen LogP contribution >= 0.6 is 15.9 Å². The molecule has 1 saturated heterocycles. The van der Waals surface area contributed by atoms with Crippen LogP contribution in [0.2, 0.25) is 0 Å². The van der Waals surface area contributed by atoms with E-state index in [4.69, 9.17) is 0 Å². The number of anilines is 2. The van der Waals surface area contributed by atoms with Gasteiger partial charge in [0.05, 0.1) is 0 Å². The molecule has 110 valence electrons. The number of alkyl halides is 1. The fourth-order valence-electron chi connectivity index (χ4n) is 2.57. The molecule has 1 aliphatic heterocycles. The zero-order valence-corrected chi connectivity index (χ0v) is 13.8. The van der Waals surface area contributed by atoms with Gasteiger partial charge in [-0.05, 0) is 30.2 Å². The number of hydrogen-bond acceptors (Lipinski definition) is 4. The van der Waals surface area contributed by atoms with Crippen LogP contribution in [0.3, 0.4) is 0 Å². The number of halogens is 1. The van der Waals surface area contributed by atoms with E-state index in [1.807, 2.05) is 12.4 Å². The largest absolute Gasteiger partial charge is 0.368 e. The lowest BCUT2D eigenvalue weighted by Gasteiger charge is -2.36. The summed E-state index contributed by atoms with van der Waals surface area (Å²) in [5, 5.41) is 0.800. The highest BCUT2D eigenvalue weighted by Gasteiger charge is 2.19. The molecule has 5 heteroatoms. The summed E-state index contributed by atoms with van der Waals surface area (Å²) in [7, 11) is 0. The van der Waals surface area contributed by atoms with E-state index in [9.17, 15) is 0 Å². The summed E-state index contributed by atoms with van der Waals surface area (Å²) in [4.78, 5) is 13.6.